The first kappa shape index (κ1) is 15.0. The van der Waals surface area contributed by atoms with Crippen LogP contribution >= 0.6 is 0 Å². The zero-order valence-electron chi connectivity index (χ0n) is 13.0. The van der Waals surface area contributed by atoms with Crippen LogP contribution < -0.4 is 5.73 Å². The van der Waals surface area contributed by atoms with Crippen molar-refractivity contribution < 1.29 is 0 Å². The molecule has 2 aromatic rings. The van der Waals surface area contributed by atoms with Gasteiger partial charge in [0.05, 0.1) is 18.2 Å². The van der Waals surface area contributed by atoms with Crippen LogP contribution in [0.1, 0.15) is 49.9 Å². The largest absolute Gasteiger partial charge is 0.383 e. The predicted octanol–water partition coefficient (Wildman–Crippen LogP) is 3.01. The monoisotopic (exact) mass is 283 g/mol. The highest BCUT2D eigenvalue weighted by Crippen LogP contribution is 2.35. The smallest absolute Gasteiger partial charge is 0.142 e. The average molecular weight is 283 g/mol. The fourth-order valence-corrected chi connectivity index (χ4v) is 2.63. The molecule has 5 heteroatoms. The van der Waals surface area contributed by atoms with Gasteiger partial charge in [-0.1, -0.05) is 27.2 Å². The highest BCUT2D eigenvalue weighted by Gasteiger charge is 2.22. The minimum absolute atomic E-state index is 0.258. The molecule has 5 nitrogen and oxygen atoms in total. The van der Waals surface area contributed by atoms with E-state index in [2.05, 4.69) is 36.8 Å². The summed E-state index contributed by atoms with van der Waals surface area (Å²) in [6.45, 7) is 6.32. The summed E-state index contributed by atoms with van der Waals surface area (Å²) < 4.78 is 1.92. The van der Waals surface area contributed by atoms with Crippen LogP contribution in [0.25, 0.3) is 11.3 Å². The summed E-state index contributed by atoms with van der Waals surface area (Å²) in [6.07, 6.45) is 5.37. The normalized spacial score (nSPS) is 10.9. The van der Waals surface area contributed by atoms with Gasteiger partial charge in [0.2, 0.25) is 0 Å². The van der Waals surface area contributed by atoms with E-state index in [4.69, 9.17) is 5.73 Å². The molecule has 0 spiro atoms. The third-order valence-corrected chi connectivity index (χ3v) is 3.59. The number of aromatic nitrogens is 3. The van der Waals surface area contributed by atoms with Gasteiger partial charge in [0.15, 0.2) is 0 Å². The average Bonchev–Trinajstić information content (AvgIpc) is 2.85. The van der Waals surface area contributed by atoms with Gasteiger partial charge in [0, 0.05) is 18.3 Å². The molecule has 2 heterocycles. The number of nitrogens with two attached hydrogens (primary N) is 1. The van der Waals surface area contributed by atoms with E-state index >= 15 is 0 Å². The second-order valence-corrected chi connectivity index (χ2v) is 5.52. The number of hydrogen-bond donors (Lipinski definition) is 1. The third-order valence-electron chi connectivity index (χ3n) is 3.59. The van der Waals surface area contributed by atoms with Gasteiger partial charge in [-0.3, -0.25) is 0 Å². The van der Waals surface area contributed by atoms with Crippen LogP contribution in [0.15, 0.2) is 12.5 Å². The number of hydrogen-bond acceptors (Lipinski definition) is 4. The Balaban J connectivity index is 2.87. The van der Waals surface area contributed by atoms with Crippen LogP contribution in [0.5, 0.6) is 0 Å². The minimum Gasteiger partial charge on any atom is -0.383 e. The van der Waals surface area contributed by atoms with E-state index in [0.29, 0.717) is 11.4 Å². The van der Waals surface area contributed by atoms with Crippen LogP contribution in [0, 0.1) is 11.3 Å². The summed E-state index contributed by atoms with van der Waals surface area (Å²) in [4.78, 5) is 8.66. The molecule has 0 aliphatic carbocycles. The molecule has 2 aromatic heterocycles. The fraction of sp³-hybridized carbons (Fsp3) is 0.438. The lowest BCUT2D eigenvalue weighted by Gasteiger charge is -2.19. The van der Waals surface area contributed by atoms with Crippen molar-refractivity contribution >= 4 is 5.82 Å². The van der Waals surface area contributed by atoms with Gasteiger partial charge in [-0.2, -0.15) is 5.26 Å². The molecule has 0 aliphatic rings. The van der Waals surface area contributed by atoms with E-state index in [1.165, 1.54) is 0 Å². The Kier molecular flexibility index (Phi) is 4.27. The molecule has 0 aliphatic heterocycles. The molecule has 0 atom stereocenters. The number of imidazole rings is 1. The first-order valence-electron chi connectivity index (χ1n) is 7.20. The van der Waals surface area contributed by atoms with Crippen molar-refractivity contribution in [2.45, 2.75) is 39.5 Å². The van der Waals surface area contributed by atoms with Crippen LogP contribution in [-0.4, -0.2) is 14.5 Å². The summed E-state index contributed by atoms with van der Waals surface area (Å²) in [5, 5.41) is 9.51. The number of nitrogen functional groups attached to an aromatic ring is 1. The molecule has 2 rings (SSSR count). The summed E-state index contributed by atoms with van der Waals surface area (Å²) in [6, 6.07) is 2.22. The molecule has 110 valence electrons. The van der Waals surface area contributed by atoms with Crippen molar-refractivity contribution in [2.75, 3.05) is 5.73 Å². The van der Waals surface area contributed by atoms with Gasteiger partial charge in [0.25, 0.3) is 0 Å². The highest BCUT2D eigenvalue weighted by atomic mass is 15.0. The molecule has 0 radical (unpaired) electrons. The molecular formula is C16H21N5. The Morgan fingerprint density at radius 2 is 2.14 bits per heavy atom. The number of rotatable bonds is 4. The number of aryl methyl sites for hydroxylation is 1. The van der Waals surface area contributed by atoms with Crippen molar-refractivity contribution in [3.05, 3.63) is 29.3 Å². The standard InChI is InChI=1S/C16H21N5/c1-5-6-11-14(13-8-19-9-21(13)4)12(7-17)16(18)20-15(11)10(2)3/h8-10H,5-6H2,1-4H3,(H2,18,20). The molecule has 2 N–H and O–H groups in total. The van der Waals surface area contributed by atoms with Gasteiger partial charge in [0.1, 0.15) is 17.5 Å². The van der Waals surface area contributed by atoms with E-state index in [9.17, 15) is 5.26 Å². The molecule has 0 saturated carbocycles. The SMILES string of the molecule is CCCc1c(C(C)C)nc(N)c(C#N)c1-c1cncn1C. The minimum atomic E-state index is 0.258. The topological polar surface area (TPSA) is 80.5 Å². The Morgan fingerprint density at radius 1 is 1.43 bits per heavy atom. The van der Waals surface area contributed by atoms with Crippen LogP contribution in [-0.2, 0) is 13.5 Å². The number of pyridine rings is 1. The summed E-state index contributed by atoms with van der Waals surface area (Å²) in [5.41, 5.74) is 10.4. The lowest BCUT2D eigenvalue weighted by Crippen LogP contribution is -2.10. The second-order valence-electron chi connectivity index (χ2n) is 5.52. The fourth-order valence-electron chi connectivity index (χ4n) is 2.63. The van der Waals surface area contributed by atoms with Gasteiger partial charge >= 0.3 is 0 Å². The lowest BCUT2D eigenvalue weighted by atomic mass is 9.91. The molecule has 0 unspecified atom stereocenters. The van der Waals surface area contributed by atoms with Gasteiger partial charge < -0.3 is 10.3 Å². The van der Waals surface area contributed by atoms with E-state index in [-0.39, 0.29) is 5.92 Å². The predicted molar refractivity (Wildman–Crippen MR) is 83.7 cm³/mol. The molecule has 0 aromatic carbocycles. The maximum atomic E-state index is 9.51. The highest BCUT2D eigenvalue weighted by molar-refractivity contribution is 5.77. The van der Waals surface area contributed by atoms with Crippen molar-refractivity contribution in [1.82, 2.24) is 14.5 Å². The quantitative estimate of drug-likeness (QED) is 0.935. The first-order valence-corrected chi connectivity index (χ1v) is 7.20. The van der Waals surface area contributed by atoms with Gasteiger partial charge in [-0.25, -0.2) is 9.97 Å². The van der Waals surface area contributed by atoms with Gasteiger partial charge in [-0.15, -0.1) is 0 Å². The number of anilines is 1. The van der Waals surface area contributed by atoms with Crippen molar-refractivity contribution in [2.24, 2.45) is 7.05 Å². The summed E-state index contributed by atoms with van der Waals surface area (Å²) in [7, 11) is 1.92. The third kappa shape index (κ3) is 2.62. The molecular weight excluding hydrogens is 262 g/mol. The Bertz CT molecular complexity index is 691. The Hall–Kier alpha value is -2.35. The van der Waals surface area contributed by atoms with Crippen molar-refractivity contribution in [3.63, 3.8) is 0 Å². The lowest BCUT2D eigenvalue weighted by molar-refractivity contribution is 0.783. The molecule has 0 saturated heterocycles. The summed E-state index contributed by atoms with van der Waals surface area (Å²) >= 11 is 0. The van der Waals surface area contributed by atoms with Crippen LogP contribution in [0.3, 0.4) is 0 Å². The van der Waals surface area contributed by atoms with Crippen LogP contribution in [0.4, 0.5) is 5.82 Å². The molecule has 0 bridgehead atoms. The molecule has 0 fully saturated rings. The van der Waals surface area contributed by atoms with E-state index < -0.39 is 0 Å². The summed E-state index contributed by atoms with van der Waals surface area (Å²) in [5.74, 6) is 0.561. The van der Waals surface area contributed by atoms with E-state index in [1.807, 2.05) is 11.6 Å². The maximum Gasteiger partial charge on any atom is 0.142 e. The Morgan fingerprint density at radius 3 is 2.62 bits per heavy atom. The molecule has 21 heavy (non-hydrogen) atoms. The second kappa shape index (κ2) is 5.96. The molecule has 0 amide bonds. The number of nitriles is 1. The van der Waals surface area contributed by atoms with Crippen molar-refractivity contribution in [3.8, 4) is 17.3 Å². The first-order chi connectivity index (χ1) is 10.0. The van der Waals surface area contributed by atoms with Crippen LogP contribution in [0.2, 0.25) is 0 Å². The van der Waals surface area contributed by atoms with Gasteiger partial charge in [-0.05, 0) is 17.9 Å². The van der Waals surface area contributed by atoms with E-state index in [1.54, 1.807) is 12.5 Å². The zero-order valence-corrected chi connectivity index (χ0v) is 13.0. The maximum absolute atomic E-state index is 9.51. The van der Waals surface area contributed by atoms with Crippen molar-refractivity contribution in [1.29, 1.82) is 5.26 Å². The zero-order chi connectivity index (χ0) is 15.6. The van der Waals surface area contributed by atoms with E-state index in [0.717, 1.165) is 35.4 Å². The number of nitrogens with zero attached hydrogens (tertiary/aromatic N) is 4. The Labute approximate surface area is 125 Å².